The minimum absolute atomic E-state index is 0.0846. The lowest BCUT2D eigenvalue weighted by Crippen LogP contribution is -2.02. The maximum atomic E-state index is 11.8. The molecule has 0 saturated heterocycles. The first kappa shape index (κ1) is 14.4. The predicted octanol–water partition coefficient (Wildman–Crippen LogP) is 4.65. The van der Waals surface area contributed by atoms with E-state index in [1.807, 2.05) is 42.5 Å². The largest absolute Gasteiger partial charge is 0.507 e. The summed E-state index contributed by atoms with van der Waals surface area (Å²) in [6, 6.07) is 16.5. The second kappa shape index (κ2) is 5.70. The van der Waals surface area contributed by atoms with Crippen LogP contribution in [0.15, 0.2) is 54.6 Å². The molecule has 0 atom stereocenters. The highest BCUT2D eigenvalue weighted by Crippen LogP contribution is 2.31. The monoisotopic (exact) mass is 312 g/mol. The van der Waals surface area contributed by atoms with Crippen molar-refractivity contribution in [1.82, 2.24) is 0 Å². The molecule has 3 rings (SSSR count). The van der Waals surface area contributed by atoms with E-state index in [0.29, 0.717) is 10.4 Å². The molecule has 22 heavy (non-hydrogen) atoms. The standard InChI is InChI=1S/C18H13ClO3/c1-22-18(21)17-15-8-4-12(10-13(15)5-9-16(17)20)11-2-6-14(19)7-3-11/h2-10,20H,1H3. The van der Waals surface area contributed by atoms with E-state index in [9.17, 15) is 9.90 Å². The van der Waals surface area contributed by atoms with E-state index in [4.69, 9.17) is 16.3 Å². The highest BCUT2D eigenvalue weighted by molar-refractivity contribution is 6.30. The molecule has 3 aromatic rings. The van der Waals surface area contributed by atoms with Crippen molar-refractivity contribution in [1.29, 1.82) is 0 Å². The molecule has 0 radical (unpaired) electrons. The summed E-state index contributed by atoms with van der Waals surface area (Å²) in [5.74, 6) is -0.638. The third kappa shape index (κ3) is 2.51. The quantitative estimate of drug-likeness (QED) is 0.700. The highest BCUT2D eigenvalue weighted by atomic mass is 35.5. The Kier molecular flexibility index (Phi) is 3.73. The number of ether oxygens (including phenoxy) is 1. The molecule has 0 aliphatic carbocycles. The second-order valence-electron chi connectivity index (χ2n) is 4.89. The first-order valence-corrected chi connectivity index (χ1v) is 7.08. The summed E-state index contributed by atoms with van der Waals surface area (Å²) in [7, 11) is 1.29. The average molecular weight is 313 g/mol. The van der Waals surface area contributed by atoms with Gasteiger partial charge in [-0.1, -0.05) is 41.9 Å². The molecule has 0 heterocycles. The molecule has 110 valence electrons. The number of rotatable bonds is 2. The van der Waals surface area contributed by atoms with Crippen molar-refractivity contribution in [2.45, 2.75) is 0 Å². The minimum atomic E-state index is -0.553. The third-order valence-corrected chi connectivity index (χ3v) is 3.82. The first-order chi connectivity index (χ1) is 10.6. The Labute approximate surface area is 132 Å². The lowest BCUT2D eigenvalue weighted by Gasteiger charge is -2.09. The Morgan fingerprint density at radius 1 is 1.00 bits per heavy atom. The van der Waals surface area contributed by atoms with Crippen molar-refractivity contribution in [3.63, 3.8) is 0 Å². The van der Waals surface area contributed by atoms with E-state index >= 15 is 0 Å². The zero-order chi connectivity index (χ0) is 15.7. The van der Waals surface area contributed by atoms with Gasteiger partial charge in [-0.05, 0) is 46.2 Å². The number of esters is 1. The van der Waals surface area contributed by atoms with E-state index in [1.165, 1.54) is 13.2 Å². The molecule has 0 bridgehead atoms. The van der Waals surface area contributed by atoms with Crippen LogP contribution in [0.4, 0.5) is 0 Å². The van der Waals surface area contributed by atoms with Crippen LogP contribution in [0.25, 0.3) is 21.9 Å². The fraction of sp³-hybridized carbons (Fsp3) is 0.0556. The molecule has 0 spiro atoms. The van der Waals surface area contributed by atoms with Gasteiger partial charge in [0.2, 0.25) is 0 Å². The predicted molar refractivity (Wildman–Crippen MR) is 87.4 cm³/mol. The lowest BCUT2D eigenvalue weighted by atomic mass is 9.98. The minimum Gasteiger partial charge on any atom is -0.507 e. The maximum Gasteiger partial charge on any atom is 0.342 e. The van der Waals surface area contributed by atoms with Crippen LogP contribution in [-0.4, -0.2) is 18.2 Å². The third-order valence-electron chi connectivity index (χ3n) is 3.56. The van der Waals surface area contributed by atoms with Crippen molar-refractivity contribution >= 4 is 28.3 Å². The Morgan fingerprint density at radius 3 is 2.36 bits per heavy atom. The van der Waals surface area contributed by atoms with Crippen molar-refractivity contribution in [3.05, 3.63) is 65.2 Å². The number of fused-ring (bicyclic) bond motifs is 1. The van der Waals surface area contributed by atoms with E-state index in [-0.39, 0.29) is 11.3 Å². The molecule has 0 unspecified atom stereocenters. The van der Waals surface area contributed by atoms with Crippen LogP contribution in [0.2, 0.25) is 5.02 Å². The summed E-state index contributed by atoms with van der Waals surface area (Å²) in [6.45, 7) is 0. The van der Waals surface area contributed by atoms with Crippen LogP contribution in [0.5, 0.6) is 5.75 Å². The fourth-order valence-corrected chi connectivity index (χ4v) is 2.58. The Morgan fingerprint density at radius 2 is 1.68 bits per heavy atom. The van der Waals surface area contributed by atoms with Crippen LogP contribution < -0.4 is 0 Å². The summed E-state index contributed by atoms with van der Waals surface area (Å²) in [6.07, 6.45) is 0. The summed E-state index contributed by atoms with van der Waals surface area (Å²) < 4.78 is 4.74. The molecule has 0 fully saturated rings. The number of carbonyl (C=O) groups excluding carboxylic acids is 1. The first-order valence-electron chi connectivity index (χ1n) is 6.70. The van der Waals surface area contributed by atoms with Crippen molar-refractivity contribution in [2.24, 2.45) is 0 Å². The Bertz CT molecular complexity index is 854. The Hall–Kier alpha value is -2.52. The topological polar surface area (TPSA) is 46.5 Å². The molecule has 3 nitrogen and oxygen atoms in total. The van der Waals surface area contributed by atoms with E-state index in [0.717, 1.165) is 16.5 Å². The molecule has 4 heteroatoms. The van der Waals surface area contributed by atoms with Crippen LogP contribution in [0.3, 0.4) is 0 Å². The average Bonchev–Trinajstić information content (AvgIpc) is 2.54. The molecule has 0 aromatic heterocycles. The van der Waals surface area contributed by atoms with Gasteiger partial charge in [-0.2, -0.15) is 0 Å². The molecule has 0 aliphatic rings. The van der Waals surface area contributed by atoms with Crippen LogP contribution >= 0.6 is 11.6 Å². The number of methoxy groups -OCH3 is 1. The smallest absolute Gasteiger partial charge is 0.342 e. The van der Waals surface area contributed by atoms with Gasteiger partial charge in [-0.3, -0.25) is 0 Å². The zero-order valence-electron chi connectivity index (χ0n) is 11.8. The molecule has 1 N–H and O–H groups in total. The van der Waals surface area contributed by atoms with Gasteiger partial charge >= 0.3 is 5.97 Å². The zero-order valence-corrected chi connectivity index (χ0v) is 12.6. The molecule has 0 saturated carbocycles. The van der Waals surface area contributed by atoms with Crippen LogP contribution in [0.1, 0.15) is 10.4 Å². The van der Waals surface area contributed by atoms with E-state index in [2.05, 4.69) is 0 Å². The van der Waals surface area contributed by atoms with Gasteiger partial charge in [0.05, 0.1) is 7.11 Å². The molecular formula is C18H13ClO3. The highest BCUT2D eigenvalue weighted by Gasteiger charge is 2.16. The number of benzene rings is 3. The van der Waals surface area contributed by atoms with Crippen LogP contribution in [0, 0.1) is 0 Å². The number of carbonyl (C=O) groups is 1. The van der Waals surface area contributed by atoms with E-state index in [1.54, 1.807) is 6.07 Å². The van der Waals surface area contributed by atoms with Gasteiger partial charge in [0.25, 0.3) is 0 Å². The van der Waals surface area contributed by atoms with E-state index < -0.39 is 5.97 Å². The number of phenolic OH excluding ortho intramolecular Hbond substituents is 1. The number of hydrogen-bond donors (Lipinski definition) is 1. The van der Waals surface area contributed by atoms with Gasteiger partial charge < -0.3 is 9.84 Å². The maximum absolute atomic E-state index is 11.8. The SMILES string of the molecule is COC(=O)c1c(O)ccc2cc(-c3ccc(Cl)cc3)ccc12. The Balaban J connectivity index is 2.17. The summed E-state index contributed by atoms with van der Waals surface area (Å²) in [5, 5.41) is 12.1. The van der Waals surface area contributed by atoms with Crippen molar-refractivity contribution in [3.8, 4) is 16.9 Å². The number of hydrogen-bond acceptors (Lipinski definition) is 3. The normalized spacial score (nSPS) is 10.6. The molecule has 0 amide bonds. The second-order valence-corrected chi connectivity index (χ2v) is 5.33. The molecular weight excluding hydrogens is 300 g/mol. The number of aromatic hydroxyl groups is 1. The van der Waals surface area contributed by atoms with Crippen molar-refractivity contribution < 1.29 is 14.6 Å². The summed E-state index contributed by atoms with van der Waals surface area (Å²) in [4.78, 5) is 11.8. The fourth-order valence-electron chi connectivity index (χ4n) is 2.46. The van der Waals surface area contributed by atoms with Crippen molar-refractivity contribution in [2.75, 3.05) is 7.11 Å². The molecule has 3 aromatic carbocycles. The van der Waals surface area contributed by atoms with Gasteiger partial charge in [-0.15, -0.1) is 0 Å². The van der Waals surface area contributed by atoms with Gasteiger partial charge in [-0.25, -0.2) is 4.79 Å². The number of phenols is 1. The summed E-state index contributed by atoms with van der Waals surface area (Å²) >= 11 is 5.90. The summed E-state index contributed by atoms with van der Waals surface area (Å²) in [5.41, 5.74) is 2.22. The lowest BCUT2D eigenvalue weighted by molar-refractivity contribution is 0.0600. The molecule has 0 aliphatic heterocycles. The van der Waals surface area contributed by atoms with Gasteiger partial charge in [0, 0.05) is 5.02 Å². The van der Waals surface area contributed by atoms with Crippen LogP contribution in [-0.2, 0) is 4.74 Å². The number of halogens is 1. The van der Waals surface area contributed by atoms with Gasteiger partial charge in [0.1, 0.15) is 11.3 Å². The van der Waals surface area contributed by atoms with Gasteiger partial charge in [0.15, 0.2) is 0 Å².